The van der Waals surface area contributed by atoms with Gasteiger partial charge in [0.15, 0.2) is 0 Å². The average molecular weight is 689 g/mol. The number of amides is 2. The number of benzene rings is 4. The number of carbonyl (C=O) groups excluding carboxylic acids is 3. The highest BCUT2D eigenvalue weighted by Gasteiger charge is 2.33. The highest BCUT2D eigenvalue weighted by atomic mass is 19.4. The molecule has 2 atom stereocenters. The van der Waals surface area contributed by atoms with Gasteiger partial charge in [0.1, 0.15) is 5.75 Å². The van der Waals surface area contributed by atoms with Crippen molar-refractivity contribution in [2.24, 2.45) is 0 Å². The number of alkyl halides is 3. The zero-order chi connectivity index (χ0) is 36.4. The van der Waals surface area contributed by atoms with Crippen molar-refractivity contribution in [3.05, 3.63) is 118 Å². The molecule has 2 N–H and O–H groups in total. The normalized spacial score (nSPS) is 12.5. The second-order valence-electron chi connectivity index (χ2n) is 12.3. The number of anilines is 1. The van der Waals surface area contributed by atoms with Crippen molar-refractivity contribution in [3.63, 3.8) is 0 Å². The Balaban J connectivity index is 1.62. The Hall–Kier alpha value is -5.12. The first kappa shape index (κ1) is 37.7. The predicted molar refractivity (Wildman–Crippen MR) is 188 cm³/mol. The van der Waals surface area contributed by atoms with Gasteiger partial charge >= 0.3 is 12.3 Å². The van der Waals surface area contributed by atoms with Crippen molar-refractivity contribution in [1.29, 1.82) is 0 Å². The van der Waals surface area contributed by atoms with Crippen molar-refractivity contribution in [1.82, 2.24) is 5.32 Å². The number of aryl methyl sites for hydroxylation is 3. The van der Waals surface area contributed by atoms with E-state index in [4.69, 9.17) is 4.74 Å². The van der Waals surface area contributed by atoms with Crippen molar-refractivity contribution in [3.8, 4) is 16.9 Å². The minimum atomic E-state index is -4.85. The zero-order valence-electron chi connectivity index (χ0n) is 28.9. The monoisotopic (exact) mass is 688 g/mol. The fraction of sp³-hybridized carbons (Fsp3) is 0.325. The van der Waals surface area contributed by atoms with Crippen molar-refractivity contribution < 1.29 is 37.0 Å². The van der Waals surface area contributed by atoms with E-state index < -0.39 is 18.2 Å². The van der Waals surface area contributed by atoms with E-state index in [0.717, 1.165) is 27.8 Å². The standard InChI is InChI=1S/C40H43F3N2O5/c1-6-8-34(28-9-11-31(12-10-28)38(47)44-22-21-35(46)49-7-2)37(30-15-19-33(20-16-30)50-40(41,42)43)39(48)45-32-17-13-29(14-18-32)36-26(4)23-25(3)24-27(36)5/h9-20,23-24,34,37H,6-8,21-22H2,1-5H3,(H,44,47)(H,45,48)/t34-,37+/m0/s1. The third kappa shape index (κ3) is 10.2. The van der Waals surface area contributed by atoms with Crippen LogP contribution in [0, 0.1) is 20.8 Å². The molecule has 0 aliphatic carbocycles. The summed E-state index contributed by atoms with van der Waals surface area (Å²) >= 11 is 0. The van der Waals surface area contributed by atoms with Crippen LogP contribution >= 0.6 is 0 Å². The second-order valence-corrected chi connectivity index (χ2v) is 12.3. The maximum absolute atomic E-state index is 14.2. The van der Waals surface area contributed by atoms with Gasteiger partial charge in [-0.25, -0.2) is 0 Å². The van der Waals surface area contributed by atoms with Gasteiger partial charge in [-0.15, -0.1) is 13.2 Å². The highest BCUT2D eigenvalue weighted by molar-refractivity contribution is 5.97. The van der Waals surface area contributed by atoms with Crippen LogP contribution in [0.2, 0.25) is 0 Å². The van der Waals surface area contributed by atoms with Crippen LogP contribution in [0.25, 0.3) is 11.1 Å². The molecule has 0 spiro atoms. The van der Waals surface area contributed by atoms with Crippen LogP contribution in [0.3, 0.4) is 0 Å². The van der Waals surface area contributed by atoms with Gasteiger partial charge in [-0.2, -0.15) is 0 Å². The summed E-state index contributed by atoms with van der Waals surface area (Å²) in [5.74, 6) is -2.65. The largest absolute Gasteiger partial charge is 0.573 e. The summed E-state index contributed by atoms with van der Waals surface area (Å²) in [6, 6.07) is 24.1. The summed E-state index contributed by atoms with van der Waals surface area (Å²) in [6.45, 7) is 10.3. The predicted octanol–water partition coefficient (Wildman–Crippen LogP) is 9.17. The molecule has 10 heteroatoms. The maximum atomic E-state index is 14.2. The summed E-state index contributed by atoms with van der Waals surface area (Å²) in [4.78, 5) is 38.5. The molecule has 264 valence electrons. The van der Waals surface area contributed by atoms with Gasteiger partial charge < -0.3 is 20.1 Å². The van der Waals surface area contributed by atoms with Gasteiger partial charge in [0.05, 0.1) is 18.9 Å². The van der Waals surface area contributed by atoms with E-state index in [1.807, 2.05) is 31.2 Å². The maximum Gasteiger partial charge on any atom is 0.573 e. The molecule has 0 saturated carbocycles. The second kappa shape index (κ2) is 17.0. The number of nitrogens with one attached hydrogen (secondary N) is 2. The summed E-state index contributed by atoms with van der Waals surface area (Å²) in [6.07, 6.45) is -3.51. The number of hydrogen-bond donors (Lipinski definition) is 2. The number of hydrogen-bond acceptors (Lipinski definition) is 5. The number of rotatable bonds is 14. The highest BCUT2D eigenvalue weighted by Crippen LogP contribution is 2.39. The molecular weight excluding hydrogens is 645 g/mol. The molecule has 4 aromatic rings. The molecule has 50 heavy (non-hydrogen) atoms. The Bertz CT molecular complexity index is 1750. The number of carbonyl (C=O) groups is 3. The molecule has 2 amide bonds. The van der Waals surface area contributed by atoms with E-state index in [0.29, 0.717) is 29.7 Å². The lowest BCUT2D eigenvalue weighted by Gasteiger charge is -2.28. The molecule has 7 nitrogen and oxygen atoms in total. The van der Waals surface area contributed by atoms with E-state index in [1.54, 1.807) is 31.2 Å². The Morgan fingerprint density at radius 1 is 0.800 bits per heavy atom. The number of halogens is 3. The SMILES string of the molecule is CCC[C@@H](c1ccc(C(=O)NCCC(=O)OCC)cc1)[C@H](C(=O)Nc1ccc(-c2c(C)cc(C)cc2C)cc1)c1ccc(OC(F)(F)F)cc1. The zero-order valence-corrected chi connectivity index (χ0v) is 28.9. The molecule has 4 aromatic carbocycles. The number of ether oxygens (including phenoxy) is 2. The smallest absolute Gasteiger partial charge is 0.466 e. The van der Waals surface area contributed by atoms with Crippen LogP contribution < -0.4 is 15.4 Å². The Morgan fingerprint density at radius 3 is 1.96 bits per heavy atom. The topological polar surface area (TPSA) is 93.7 Å². The Kier molecular flexibility index (Phi) is 12.8. The van der Waals surface area contributed by atoms with Crippen molar-refractivity contribution in [2.45, 2.75) is 72.1 Å². The van der Waals surface area contributed by atoms with E-state index in [-0.39, 0.29) is 43.1 Å². The van der Waals surface area contributed by atoms with Crippen LogP contribution in [0.4, 0.5) is 18.9 Å². The minimum Gasteiger partial charge on any atom is -0.466 e. The molecule has 0 unspecified atom stereocenters. The van der Waals surface area contributed by atoms with E-state index in [1.165, 1.54) is 29.8 Å². The lowest BCUT2D eigenvalue weighted by Crippen LogP contribution is -2.27. The van der Waals surface area contributed by atoms with Gasteiger partial charge in [0, 0.05) is 17.8 Å². The van der Waals surface area contributed by atoms with Crippen LogP contribution in [0.1, 0.15) is 83.1 Å². The molecule has 0 heterocycles. The minimum absolute atomic E-state index is 0.0494. The molecule has 0 radical (unpaired) electrons. The van der Waals surface area contributed by atoms with Crippen molar-refractivity contribution in [2.75, 3.05) is 18.5 Å². The molecule has 0 aliphatic rings. The molecule has 0 bridgehead atoms. The first-order valence-electron chi connectivity index (χ1n) is 16.7. The first-order valence-corrected chi connectivity index (χ1v) is 16.7. The van der Waals surface area contributed by atoms with Crippen molar-refractivity contribution >= 4 is 23.5 Å². The average Bonchev–Trinajstić information content (AvgIpc) is 3.05. The van der Waals surface area contributed by atoms with Crippen LogP contribution in [0.15, 0.2) is 84.9 Å². The summed E-state index contributed by atoms with van der Waals surface area (Å²) < 4.78 is 47.7. The van der Waals surface area contributed by atoms with Gasteiger partial charge in [-0.3, -0.25) is 14.4 Å². The molecule has 0 aliphatic heterocycles. The fourth-order valence-electron chi connectivity index (χ4n) is 6.35. The molecule has 0 aromatic heterocycles. The van der Waals surface area contributed by atoms with E-state index in [2.05, 4.69) is 48.3 Å². The lowest BCUT2D eigenvalue weighted by molar-refractivity contribution is -0.274. The van der Waals surface area contributed by atoms with Crippen LogP contribution in [-0.4, -0.2) is 37.3 Å². The molecule has 0 fully saturated rings. The van der Waals surface area contributed by atoms with Gasteiger partial charge in [0.2, 0.25) is 5.91 Å². The summed E-state index contributed by atoms with van der Waals surface area (Å²) in [5, 5.41) is 5.74. The lowest BCUT2D eigenvalue weighted by atomic mass is 9.78. The van der Waals surface area contributed by atoms with Crippen LogP contribution in [0.5, 0.6) is 5.75 Å². The van der Waals surface area contributed by atoms with Gasteiger partial charge in [-0.05, 0) is 110 Å². The Morgan fingerprint density at radius 2 is 1.40 bits per heavy atom. The first-order chi connectivity index (χ1) is 23.8. The quantitative estimate of drug-likeness (QED) is 0.129. The fourth-order valence-corrected chi connectivity index (χ4v) is 6.35. The van der Waals surface area contributed by atoms with E-state index in [9.17, 15) is 27.6 Å². The van der Waals surface area contributed by atoms with E-state index >= 15 is 0 Å². The Labute approximate surface area is 291 Å². The van der Waals surface area contributed by atoms with Gasteiger partial charge in [-0.1, -0.05) is 67.4 Å². The summed E-state index contributed by atoms with van der Waals surface area (Å²) in [7, 11) is 0. The van der Waals surface area contributed by atoms with Gasteiger partial charge in [0.25, 0.3) is 5.91 Å². The molecule has 4 rings (SSSR count). The molecular formula is C40H43F3N2O5. The number of esters is 1. The third-order valence-electron chi connectivity index (χ3n) is 8.40. The summed E-state index contributed by atoms with van der Waals surface area (Å²) in [5.41, 5.74) is 7.89. The molecule has 0 saturated heterocycles. The third-order valence-corrected chi connectivity index (χ3v) is 8.40. The van der Waals surface area contributed by atoms with Crippen LogP contribution in [-0.2, 0) is 14.3 Å².